The number of aromatic nitrogens is 2. The van der Waals surface area contributed by atoms with Crippen molar-refractivity contribution >= 4 is 33.3 Å². The molecule has 0 aliphatic carbocycles. The second kappa shape index (κ2) is 6.93. The van der Waals surface area contributed by atoms with Crippen molar-refractivity contribution in [1.29, 1.82) is 0 Å². The molecular formula is C20H15N3O2S. The lowest BCUT2D eigenvalue weighted by Crippen LogP contribution is -2.11. The fourth-order valence-corrected chi connectivity index (χ4v) is 3.45. The van der Waals surface area contributed by atoms with E-state index in [1.54, 1.807) is 48.9 Å². The molecule has 1 N–H and O–H groups in total. The number of benzene rings is 2. The maximum absolute atomic E-state index is 12.3. The van der Waals surface area contributed by atoms with E-state index in [1.165, 1.54) is 0 Å². The smallest absolute Gasteiger partial charge is 0.255 e. The Morgan fingerprint density at radius 2 is 1.81 bits per heavy atom. The van der Waals surface area contributed by atoms with Crippen LogP contribution in [0, 0.1) is 0 Å². The number of carbonyl (C=O) groups excluding carboxylic acids is 1. The van der Waals surface area contributed by atoms with Crippen LogP contribution in [0.3, 0.4) is 0 Å². The van der Waals surface area contributed by atoms with Crippen molar-refractivity contribution in [3.05, 3.63) is 72.4 Å². The van der Waals surface area contributed by atoms with Crippen LogP contribution in [0.5, 0.6) is 5.75 Å². The Hall–Kier alpha value is -3.25. The molecule has 0 aliphatic heterocycles. The number of pyridine rings is 1. The number of amides is 1. The second-order valence-electron chi connectivity index (χ2n) is 5.61. The summed E-state index contributed by atoms with van der Waals surface area (Å²) in [5.41, 5.74) is 3.20. The number of anilines is 1. The van der Waals surface area contributed by atoms with Crippen molar-refractivity contribution in [2.45, 2.75) is 0 Å². The molecule has 5 nitrogen and oxygen atoms in total. The number of fused-ring (bicyclic) bond motifs is 1. The van der Waals surface area contributed by atoms with Gasteiger partial charge < -0.3 is 10.1 Å². The number of nitrogens with zero attached hydrogens (tertiary/aromatic N) is 2. The number of methoxy groups -OCH3 is 1. The molecule has 0 saturated carbocycles. The summed E-state index contributed by atoms with van der Waals surface area (Å²) in [4.78, 5) is 22.1. The summed E-state index contributed by atoms with van der Waals surface area (Å²) >= 11 is 1.55. The van der Waals surface area contributed by atoms with Crippen molar-refractivity contribution < 1.29 is 9.53 Å². The third-order valence-corrected chi connectivity index (χ3v) is 4.94. The molecule has 4 rings (SSSR count). The lowest BCUT2D eigenvalue weighted by atomic mass is 10.2. The number of nitrogens with one attached hydrogen (secondary N) is 1. The average molecular weight is 361 g/mol. The largest absolute Gasteiger partial charge is 0.497 e. The molecule has 0 spiro atoms. The molecule has 2 aromatic carbocycles. The van der Waals surface area contributed by atoms with E-state index in [4.69, 9.17) is 4.74 Å². The standard InChI is InChI=1S/C20H15N3O2S/c1-25-16-10-6-13(7-11-16)18(24)22-15-8-4-14(5-9-15)19-23-17-3-2-12-21-20(17)26-19/h2-12H,1H3,(H,22,24). The van der Waals surface area contributed by atoms with Gasteiger partial charge in [0, 0.05) is 23.0 Å². The quantitative estimate of drug-likeness (QED) is 0.576. The summed E-state index contributed by atoms with van der Waals surface area (Å²) in [6.07, 6.45) is 1.77. The minimum absolute atomic E-state index is 0.162. The Labute approximate surface area is 154 Å². The van der Waals surface area contributed by atoms with E-state index in [0.29, 0.717) is 5.56 Å². The highest BCUT2D eigenvalue weighted by molar-refractivity contribution is 7.21. The third-order valence-electron chi connectivity index (χ3n) is 3.91. The van der Waals surface area contributed by atoms with Gasteiger partial charge in [-0.2, -0.15) is 0 Å². The molecule has 0 saturated heterocycles. The molecular weight excluding hydrogens is 346 g/mol. The first-order valence-corrected chi connectivity index (χ1v) is 8.82. The predicted molar refractivity (Wildman–Crippen MR) is 104 cm³/mol. The van der Waals surface area contributed by atoms with Crippen molar-refractivity contribution in [1.82, 2.24) is 9.97 Å². The maximum Gasteiger partial charge on any atom is 0.255 e. The van der Waals surface area contributed by atoms with Crippen LogP contribution >= 0.6 is 11.3 Å². The summed E-state index contributed by atoms with van der Waals surface area (Å²) in [7, 11) is 1.60. The van der Waals surface area contributed by atoms with Crippen LogP contribution in [0.25, 0.3) is 20.9 Å². The fourth-order valence-electron chi connectivity index (χ4n) is 2.54. The van der Waals surface area contributed by atoms with Crippen molar-refractivity contribution in [3.8, 4) is 16.3 Å². The first-order valence-electron chi connectivity index (χ1n) is 8.00. The lowest BCUT2D eigenvalue weighted by Gasteiger charge is -2.06. The van der Waals surface area contributed by atoms with E-state index in [0.717, 1.165) is 32.4 Å². The van der Waals surface area contributed by atoms with Gasteiger partial charge in [-0.25, -0.2) is 9.97 Å². The maximum atomic E-state index is 12.3. The van der Waals surface area contributed by atoms with Gasteiger partial charge in [0.15, 0.2) is 0 Å². The molecule has 128 valence electrons. The molecule has 0 unspecified atom stereocenters. The summed E-state index contributed by atoms with van der Waals surface area (Å²) < 4.78 is 5.10. The highest BCUT2D eigenvalue weighted by Gasteiger charge is 2.09. The van der Waals surface area contributed by atoms with E-state index in [1.807, 2.05) is 36.4 Å². The summed E-state index contributed by atoms with van der Waals surface area (Å²) in [6.45, 7) is 0. The van der Waals surface area contributed by atoms with Crippen LogP contribution in [0.1, 0.15) is 10.4 Å². The number of rotatable bonds is 4. The van der Waals surface area contributed by atoms with E-state index in [-0.39, 0.29) is 5.91 Å². The first-order chi connectivity index (χ1) is 12.7. The zero-order valence-electron chi connectivity index (χ0n) is 14.0. The van der Waals surface area contributed by atoms with Crippen LogP contribution in [0.15, 0.2) is 66.9 Å². The van der Waals surface area contributed by atoms with Gasteiger partial charge in [-0.15, -0.1) is 0 Å². The topological polar surface area (TPSA) is 64.1 Å². The van der Waals surface area contributed by atoms with Gasteiger partial charge in [-0.1, -0.05) is 11.3 Å². The average Bonchev–Trinajstić information content (AvgIpc) is 3.13. The van der Waals surface area contributed by atoms with Crippen molar-refractivity contribution in [3.63, 3.8) is 0 Å². The van der Waals surface area contributed by atoms with Gasteiger partial charge in [-0.05, 0) is 60.7 Å². The fraction of sp³-hybridized carbons (Fsp3) is 0.0500. The molecule has 2 aromatic heterocycles. The van der Waals surface area contributed by atoms with Crippen molar-refractivity contribution in [2.75, 3.05) is 12.4 Å². The van der Waals surface area contributed by atoms with Crippen LogP contribution in [-0.2, 0) is 0 Å². The molecule has 6 heteroatoms. The number of thiazole rings is 1. The number of hydrogen-bond acceptors (Lipinski definition) is 5. The summed E-state index contributed by atoms with van der Waals surface area (Å²) in [6, 6.07) is 18.5. The van der Waals surface area contributed by atoms with E-state index in [9.17, 15) is 4.79 Å². The molecule has 0 aliphatic rings. The van der Waals surface area contributed by atoms with E-state index in [2.05, 4.69) is 15.3 Å². The van der Waals surface area contributed by atoms with Gasteiger partial charge in [0.05, 0.1) is 7.11 Å². The van der Waals surface area contributed by atoms with Crippen LogP contribution < -0.4 is 10.1 Å². The van der Waals surface area contributed by atoms with Crippen molar-refractivity contribution in [2.24, 2.45) is 0 Å². The van der Waals surface area contributed by atoms with Gasteiger partial charge in [-0.3, -0.25) is 4.79 Å². The van der Waals surface area contributed by atoms with Gasteiger partial charge in [0.1, 0.15) is 21.1 Å². The monoisotopic (exact) mass is 361 g/mol. The molecule has 0 atom stereocenters. The van der Waals surface area contributed by atoms with Crippen LogP contribution in [0.4, 0.5) is 5.69 Å². The molecule has 4 aromatic rings. The van der Waals surface area contributed by atoms with Crippen LogP contribution in [0.2, 0.25) is 0 Å². The highest BCUT2D eigenvalue weighted by Crippen LogP contribution is 2.29. The zero-order chi connectivity index (χ0) is 17.9. The summed E-state index contributed by atoms with van der Waals surface area (Å²) in [5, 5.41) is 3.80. The predicted octanol–water partition coefficient (Wildman–Crippen LogP) is 4.62. The Morgan fingerprint density at radius 1 is 1.04 bits per heavy atom. The Bertz CT molecular complexity index is 1020. The Balaban J connectivity index is 1.50. The highest BCUT2D eigenvalue weighted by atomic mass is 32.1. The molecule has 2 heterocycles. The molecule has 1 amide bonds. The Kier molecular flexibility index (Phi) is 4.33. The molecule has 26 heavy (non-hydrogen) atoms. The number of hydrogen-bond donors (Lipinski definition) is 1. The molecule has 0 bridgehead atoms. The molecule has 0 radical (unpaired) electrons. The normalized spacial score (nSPS) is 10.7. The van der Waals surface area contributed by atoms with E-state index < -0.39 is 0 Å². The van der Waals surface area contributed by atoms with E-state index >= 15 is 0 Å². The number of carbonyl (C=O) groups is 1. The minimum Gasteiger partial charge on any atom is -0.497 e. The van der Waals surface area contributed by atoms with Gasteiger partial charge >= 0.3 is 0 Å². The Morgan fingerprint density at radius 3 is 2.50 bits per heavy atom. The third kappa shape index (κ3) is 3.27. The second-order valence-corrected chi connectivity index (χ2v) is 6.58. The van der Waals surface area contributed by atoms with Crippen LogP contribution in [-0.4, -0.2) is 23.0 Å². The zero-order valence-corrected chi connectivity index (χ0v) is 14.8. The molecule has 0 fully saturated rings. The SMILES string of the molecule is COc1ccc(C(=O)Nc2ccc(-c3nc4cccnc4s3)cc2)cc1. The summed E-state index contributed by atoms with van der Waals surface area (Å²) in [5.74, 6) is 0.556. The number of ether oxygens (including phenoxy) is 1. The van der Waals surface area contributed by atoms with Gasteiger partial charge in [0.2, 0.25) is 0 Å². The minimum atomic E-state index is -0.162. The first kappa shape index (κ1) is 16.2. The lowest BCUT2D eigenvalue weighted by molar-refractivity contribution is 0.102. The van der Waals surface area contributed by atoms with Gasteiger partial charge in [0.25, 0.3) is 5.91 Å².